The summed E-state index contributed by atoms with van der Waals surface area (Å²) in [6, 6.07) is 14.4. The second-order valence-corrected chi connectivity index (χ2v) is 9.66. The lowest BCUT2D eigenvalue weighted by Gasteiger charge is -2.27. The highest BCUT2D eigenvalue weighted by atomic mass is 32.2. The van der Waals surface area contributed by atoms with Gasteiger partial charge in [-0.05, 0) is 50.1 Å². The summed E-state index contributed by atoms with van der Waals surface area (Å²) < 4.78 is 33.9. The Labute approximate surface area is 184 Å². The number of nitrogens with zero attached hydrogens (tertiary/aromatic N) is 1. The molecule has 31 heavy (non-hydrogen) atoms. The van der Waals surface area contributed by atoms with Crippen LogP contribution in [0.5, 0.6) is 5.75 Å². The molecule has 168 valence electrons. The van der Waals surface area contributed by atoms with Crippen molar-refractivity contribution in [2.45, 2.75) is 49.6 Å². The van der Waals surface area contributed by atoms with E-state index in [0.717, 1.165) is 31.4 Å². The zero-order valence-electron chi connectivity index (χ0n) is 18.3. The Kier molecular flexibility index (Phi) is 7.56. The highest BCUT2D eigenvalue weighted by Crippen LogP contribution is 2.27. The highest BCUT2D eigenvalue weighted by molar-refractivity contribution is 7.89. The molecule has 1 aliphatic carbocycles. The van der Waals surface area contributed by atoms with Gasteiger partial charge < -0.3 is 15.0 Å². The van der Waals surface area contributed by atoms with Gasteiger partial charge in [0, 0.05) is 36.9 Å². The molecule has 0 spiro atoms. The fourth-order valence-corrected chi connectivity index (χ4v) is 5.25. The minimum absolute atomic E-state index is 0.0102. The molecular formula is C23H31N3O4S. The topological polar surface area (TPSA) is 87.7 Å². The van der Waals surface area contributed by atoms with E-state index in [2.05, 4.69) is 14.9 Å². The predicted molar refractivity (Wildman–Crippen MR) is 122 cm³/mol. The molecule has 3 rings (SSSR count). The number of anilines is 1. The van der Waals surface area contributed by atoms with Crippen molar-refractivity contribution in [2.75, 3.05) is 25.6 Å². The van der Waals surface area contributed by atoms with Crippen LogP contribution in [0.25, 0.3) is 0 Å². The van der Waals surface area contributed by atoms with Crippen molar-refractivity contribution in [3.63, 3.8) is 0 Å². The number of likely N-dealkylation sites (N-methyl/N-ethyl adjacent to an activating group) is 1. The number of amides is 1. The first-order chi connectivity index (χ1) is 14.8. The van der Waals surface area contributed by atoms with Crippen LogP contribution in [0.4, 0.5) is 5.69 Å². The Morgan fingerprint density at radius 3 is 2.48 bits per heavy atom. The van der Waals surface area contributed by atoms with E-state index >= 15 is 0 Å². The van der Waals surface area contributed by atoms with Gasteiger partial charge in [-0.2, -0.15) is 0 Å². The van der Waals surface area contributed by atoms with Gasteiger partial charge in [0.15, 0.2) is 0 Å². The molecule has 0 saturated heterocycles. The molecule has 2 aromatic rings. The summed E-state index contributed by atoms with van der Waals surface area (Å²) in [6.07, 6.45) is 3.69. The number of carbonyl (C=O) groups is 1. The van der Waals surface area contributed by atoms with E-state index in [4.69, 9.17) is 4.74 Å². The number of methoxy groups -OCH3 is 1. The summed E-state index contributed by atoms with van der Waals surface area (Å²) in [5, 5.41) is 2.90. The van der Waals surface area contributed by atoms with Crippen molar-refractivity contribution < 1.29 is 17.9 Å². The maximum Gasteiger partial charge on any atom is 0.251 e. The zero-order chi connectivity index (χ0) is 22.4. The van der Waals surface area contributed by atoms with Gasteiger partial charge in [0.2, 0.25) is 10.0 Å². The lowest BCUT2D eigenvalue weighted by atomic mass is 10.2. The van der Waals surface area contributed by atoms with Crippen LogP contribution in [0.1, 0.15) is 43.0 Å². The third-order valence-corrected chi connectivity index (χ3v) is 7.32. The second kappa shape index (κ2) is 10.2. The Hall–Kier alpha value is -2.58. The number of hydrogen-bond acceptors (Lipinski definition) is 5. The Morgan fingerprint density at radius 2 is 1.84 bits per heavy atom. The van der Waals surface area contributed by atoms with Crippen LogP contribution >= 0.6 is 0 Å². The van der Waals surface area contributed by atoms with Crippen LogP contribution in [0.15, 0.2) is 53.4 Å². The molecule has 1 amide bonds. The van der Waals surface area contributed by atoms with E-state index < -0.39 is 10.0 Å². The average Bonchev–Trinajstić information content (AvgIpc) is 3.29. The molecule has 0 radical (unpaired) electrons. The molecule has 1 saturated carbocycles. The smallest absolute Gasteiger partial charge is 0.251 e. The predicted octanol–water partition coefficient (Wildman–Crippen LogP) is 3.17. The fourth-order valence-electron chi connectivity index (χ4n) is 3.75. The van der Waals surface area contributed by atoms with Crippen molar-refractivity contribution in [1.82, 2.24) is 10.0 Å². The van der Waals surface area contributed by atoms with Gasteiger partial charge in [0.05, 0.1) is 7.11 Å². The zero-order valence-corrected chi connectivity index (χ0v) is 19.1. The van der Waals surface area contributed by atoms with Crippen LogP contribution in [0.2, 0.25) is 0 Å². The first-order valence-corrected chi connectivity index (χ1v) is 12.1. The molecule has 1 atom stereocenters. The molecule has 1 unspecified atom stereocenters. The first-order valence-electron chi connectivity index (χ1n) is 10.6. The van der Waals surface area contributed by atoms with E-state index in [0.29, 0.717) is 6.54 Å². The summed E-state index contributed by atoms with van der Waals surface area (Å²) >= 11 is 0. The number of hydrogen-bond donors (Lipinski definition) is 2. The number of carbonyl (C=O) groups excluding carboxylic acids is 1. The molecule has 8 heteroatoms. The maximum absolute atomic E-state index is 12.9. The normalized spacial score (nSPS) is 15.5. The van der Waals surface area contributed by atoms with E-state index in [-0.39, 0.29) is 34.2 Å². The van der Waals surface area contributed by atoms with E-state index in [9.17, 15) is 13.2 Å². The maximum atomic E-state index is 12.9. The minimum Gasteiger partial charge on any atom is -0.495 e. The van der Waals surface area contributed by atoms with E-state index in [1.54, 1.807) is 6.07 Å². The molecule has 0 aliphatic heterocycles. The van der Waals surface area contributed by atoms with Crippen molar-refractivity contribution in [1.29, 1.82) is 0 Å². The van der Waals surface area contributed by atoms with Crippen LogP contribution in [-0.2, 0) is 10.0 Å². The van der Waals surface area contributed by atoms with Gasteiger partial charge in [0.25, 0.3) is 5.91 Å². The van der Waals surface area contributed by atoms with Gasteiger partial charge >= 0.3 is 0 Å². The Bertz CT molecular complexity index is 989. The number of nitrogens with one attached hydrogen (secondary N) is 2. The standard InChI is InChI=1S/C23H31N3O4S/c1-17(26(2)20-11-5-4-6-12-20)16-24-23(27)18-13-14-21(30-3)22(15-18)31(28,29)25-19-9-7-8-10-19/h4-6,11-15,17,19,25H,7-10,16H2,1-3H3,(H,24,27). The third kappa shape index (κ3) is 5.77. The van der Waals surface area contributed by atoms with Crippen LogP contribution in [0.3, 0.4) is 0 Å². The molecule has 1 aliphatic rings. The van der Waals surface area contributed by atoms with Crippen LogP contribution < -0.4 is 19.7 Å². The summed E-state index contributed by atoms with van der Waals surface area (Å²) in [4.78, 5) is 14.8. The van der Waals surface area contributed by atoms with Gasteiger partial charge in [-0.25, -0.2) is 13.1 Å². The molecule has 1 fully saturated rings. The van der Waals surface area contributed by atoms with Gasteiger partial charge in [-0.15, -0.1) is 0 Å². The molecule has 0 bridgehead atoms. The largest absolute Gasteiger partial charge is 0.495 e. The lowest BCUT2D eigenvalue weighted by molar-refractivity contribution is 0.0951. The first kappa shape index (κ1) is 23.1. The van der Waals surface area contributed by atoms with E-state index in [1.807, 2.05) is 44.3 Å². The summed E-state index contributed by atoms with van der Waals surface area (Å²) in [5.41, 5.74) is 1.34. The van der Waals surface area contributed by atoms with Gasteiger partial charge in [-0.1, -0.05) is 31.0 Å². The second-order valence-electron chi connectivity index (χ2n) is 7.97. The monoisotopic (exact) mass is 445 g/mol. The van der Waals surface area contributed by atoms with Crippen molar-refractivity contribution >= 4 is 21.6 Å². The fraction of sp³-hybridized carbons (Fsp3) is 0.435. The van der Waals surface area contributed by atoms with Crippen LogP contribution in [0, 0.1) is 0 Å². The summed E-state index contributed by atoms with van der Waals surface area (Å²) in [7, 11) is -0.394. The number of ether oxygens (including phenoxy) is 1. The number of sulfonamides is 1. The highest BCUT2D eigenvalue weighted by Gasteiger charge is 2.26. The summed E-state index contributed by atoms with van der Waals surface area (Å²) in [6.45, 7) is 2.43. The molecule has 2 aromatic carbocycles. The molecular weight excluding hydrogens is 414 g/mol. The minimum atomic E-state index is -3.79. The number of benzene rings is 2. The molecule has 7 nitrogen and oxygen atoms in total. The quantitative estimate of drug-likeness (QED) is 0.619. The number of rotatable bonds is 9. The Morgan fingerprint density at radius 1 is 1.16 bits per heavy atom. The van der Waals surface area contributed by atoms with Crippen molar-refractivity contribution in [3.8, 4) is 5.75 Å². The molecule has 0 heterocycles. The van der Waals surface area contributed by atoms with E-state index in [1.165, 1.54) is 19.2 Å². The number of para-hydroxylation sites is 1. The third-order valence-electron chi connectivity index (χ3n) is 5.77. The Balaban J connectivity index is 1.70. The molecule has 2 N–H and O–H groups in total. The van der Waals surface area contributed by atoms with Crippen molar-refractivity contribution in [3.05, 3.63) is 54.1 Å². The lowest BCUT2D eigenvalue weighted by Crippen LogP contribution is -2.40. The molecule has 0 aromatic heterocycles. The SMILES string of the molecule is COc1ccc(C(=O)NCC(C)N(C)c2ccccc2)cc1S(=O)(=O)NC1CCCC1. The summed E-state index contributed by atoms with van der Waals surface area (Å²) in [5.74, 6) is -0.104. The average molecular weight is 446 g/mol. The van der Waals surface area contributed by atoms with Gasteiger partial charge in [-0.3, -0.25) is 4.79 Å². The van der Waals surface area contributed by atoms with Crippen LogP contribution in [-0.4, -0.2) is 47.1 Å². The van der Waals surface area contributed by atoms with Crippen molar-refractivity contribution in [2.24, 2.45) is 0 Å². The van der Waals surface area contributed by atoms with Gasteiger partial charge in [0.1, 0.15) is 10.6 Å².